The van der Waals surface area contributed by atoms with Crippen molar-refractivity contribution >= 4 is 0 Å². The first-order chi connectivity index (χ1) is 47.1. The van der Waals surface area contributed by atoms with E-state index in [1.54, 1.807) is 0 Å². The normalized spacial score (nSPS) is 13.2. The quantitative estimate of drug-likeness (QED) is 0.0546. The van der Waals surface area contributed by atoms with E-state index in [0.29, 0.717) is 191 Å². The number of nitrogens with zero attached hydrogens (tertiary/aromatic N) is 22. The van der Waals surface area contributed by atoms with Gasteiger partial charge in [0.2, 0.25) is 0 Å². The highest BCUT2D eigenvalue weighted by Crippen LogP contribution is 2.18. The van der Waals surface area contributed by atoms with Crippen molar-refractivity contribution in [2.24, 2.45) is 35.5 Å². The van der Waals surface area contributed by atoms with E-state index in [4.69, 9.17) is 0 Å². The highest BCUT2D eigenvalue weighted by Gasteiger charge is 2.21. The van der Waals surface area contributed by atoms with E-state index in [-0.39, 0.29) is 0 Å². The van der Waals surface area contributed by atoms with Gasteiger partial charge in [0.15, 0.2) is 0 Å². The van der Waals surface area contributed by atoms with Crippen molar-refractivity contribution in [2.45, 2.75) is 176 Å². The summed E-state index contributed by atoms with van der Waals surface area (Å²) in [6, 6.07) is 27.4. The Balaban J connectivity index is 7.31. The molecule has 0 amide bonds. The summed E-state index contributed by atoms with van der Waals surface area (Å²) in [6.45, 7) is 37.6. The van der Waals surface area contributed by atoms with Gasteiger partial charge in [0.25, 0.3) is 0 Å². The highest BCUT2D eigenvalue weighted by molar-refractivity contribution is 4.85. The fourth-order valence-electron chi connectivity index (χ4n) is 12.8. The van der Waals surface area contributed by atoms with E-state index in [9.17, 15) is 63.1 Å². The first-order valence-electron chi connectivity index (χ1n) is 36.8. The number of hydrogen-bond acceptors (Lipinski definition) is 22. The molecule has 0 bridgehead atoms. The zero-order valence-corrected chi connectivity index (χ0v) is 61.4. The van der Waals surface area contributed by atoms with Gasteiger partial charge in [0.05, 0.1) is 72.8 Å². The van der Waals surface area contributed by atoms with Gasteiger partial charge in [-0.2, -0.15) is 63.1 Å². The van der Waals surface area contributed by atoms with Crippen LogP contribution >= 0.6 is 0 Å². The molecule has 0 fully saturated rings. The zero-order chi connectivity index (χ0) is 71.8. The Kier molecular flexibility index (Phi) is 59.9. The van der Waals surface area contributed by atoms with Gasteiger partial charge in [-0.25, -0.2) is 0 Å². The summed E-state index contributed by atoms with van der Waals surface area (Å²) in [5, 5.41) is 113. The van der Waals surface area contributed by atoms with Gasteiger partial charge >= 0.3 is 0 Å². The maximum Gasteiger partial charge on any atom is 0.0635 e. The largest absolute Gasteiger partial charge is 0.303 e. The second kappa shape index (κ2) is 64.2. The average molecular weight is 1340 g/mol. The molecule has 22 heteroatoms. The van der Waals surface area contributed by atoms with Crippen molar-refractivity contribution in [2.75, 3.05) is 196 Å². The van der Waals surface area contributed by atoms with Gasteiger partial charge in [0.1, 0.15) is 0 Å². The van der Waals surface area contributed by atoms with Crippen LogP contribution in [0, 0.1) is 171 Å². The zero-order valence-electron chi connectivity index (χ0n) is 61.4. The minimum Gasteiger partial charge on any atom is -0.303 e. The van der Waals surface area contributed by atoms with E-state index in [1.807, 2.05) is 0 Å². The smallest absolute Gasteiger partial charge is 0.0635 e. The molecular weight excluding hydrogens is 1210 g/mol. The molecule has 0 heterocycles. The van der Waals surface area contributed by atoms with Crippen LogP contribution in [0.2, 0.25) is 0 Å². The predicted molar refractivity (Wildman–Crippen MR) is 384 cm³/mol. The van der Waals surface area contributed by atoms with Crippen LogP contribution < -0.4 is 0 Å². The summed E-state index contributed by atoms with van der Waals surface area (Å²) in [6.07, 6.45) is 14.0. The molecule has 0 aliphatic carbocycles. The topological polar surface area (TPSA) is 318 Å². The third kappa shape index (κ3) is 53.2. The average Bonchev–Trinajstić information content (AvgIpc) is 2.77. The van der Waals surface area contributed by atoms with Crippen LogP contribution in [0.25, 0.3) is 0 Å². The molecule has 97 heavy (non-hydrogen) atoms. The standard InChI is InChI=1S/C75H126N22/c1-70(64-92(40-7-28-76)41-8-29-77)22-58-89(59-23-71(2)65-93(42-9-30-78)43-10-31-79)55-19-52-88(53-20-56-90(60-24-72(3)66-94(44-11-32-80)45-12-33-81)61-25-73(4)67-95(46-13-34-82)47-14-35-83)54-21-57-91(62-26-74(5)68-96(48-15-36-84)49-16-37-85)63-27-75(6)69-97(50-17-38-86)51-18-39-87/h70-75H,7-27,40-69H2,1-6H3. The number of nitriles is 12. The Morgan fingerprint density at radius 2 is 0.278 bits per heavy atom. The van der Waals surface area contributed by atoms with Gasteiger partial charge in [-0.05, 0) is 172 Å². The Morgan fingerprint density at radius 1 is 0.165 bits per heavy atom. The second-order valence-corrected chi connectivity index (χ2v) is 27.5. The van der Waals surface area contributed by atoms with E-state index in [1.165, 1.54) is 0 Å². The lowest BCUT2D eigenvalue weighted by atomic mass is 10.0. The first kappa shape index (κ1) is 90.5. The molecule has 0 N–H and O–H groups in total. The van der Waals surface area contributed by atoms with Crippen LogP contribution in [0.4, 0.5) is 0 Å². The maximum atomic E-state index is 9.43. The van der Waals surface area contributed by atoms with Crippen LogP contribution in [0.15, 0.2) is 0 Å². The van der Waals surface area contributed by atoms with Crippen LogP contribution in [0.5, 0.6) is 0 Å². The van der Waals surface area contributed by atoms with Crippen molar-refractivity contribution < 1.29 is 0 Å². The van der Waals surface area contributed by atoms with E-state index in [2.05, 4.69) is 163 Å². The lowest BCUT2D eigenvalue weighted by molar-refractivity contribution is 0.164. The van der Waals surface area contributed by atoms with Crippen LogP contribution in [0.3, 0.4) is 0 Å². The molecule has 0 radical (unpaired) electrons. The Hall–Kier alpha value is -6.52. The van der Waals surface area contributed by atoms with E-state index < -0.39 is 0 Å². The van der Waals surface area contributed by atoms with Gasteiger partial charge in [0, 0.05) is 195 Å². The molecule has 0 saturated carbocycles. The van der Waals surface area contributed by atoms with Crippen LogP contribution in [-0.4, -0.2) is 245 Å². The molecule has 0 aromatic rings. The summed E-state index contributed by atoms with van der Waals surface area (Å²) < 4.78 is 0. The number of rotatable bonds is 66. The first-order valence-corrected chi connectivity index (χ1v) is 36.8. The van der Waals surface area contributed by atoms with E-state index >= 15 is 0 Å². The molecule has 6 atom stereocenters. The molecule has 0 aromatic carbocycles. The van der Waals surface area contributed by atoms with Crippen molar-refractivity contribution in [3.05, 3.63) is 0 Å². The lowest BCUT2D eigenvalue weighted by Crippen LogP contribution is -2.38. The van der Waals surface area contributed by atoms with Crippen molar-refractivity contribution in [1.29, 1.82) is 63.1 Å². The Morgan fingerprint density at radius 3 is 0.392 bits per heavy atom. The van der Waals surface area contributed by atoms with Crippen molar-refractivity contribution in [3.63, 3.8) is 0 Å². The summed E-state index contributed by atoms with van der Waals surface area (Å²) in [4.78, 5) is 24.2. The fraction of sp³-hybridized carbons (Fsp3) is 0.840. The molecule has 0 aliphatic rings. The van der Waals surface area contributed by atoms with Crippen molar-refractivity contribution in [3.8, 4) is 72.8 Å². The Labute approximate surface area is 590 Å². The molecule has 0 aliphatic heterocycles. The van der Waals surface area contributed by atoms with Gasteiger partial charge < -0.3 is 49.0 Å². The molecule has 6 unspecified atom stereocenters. The van der Waals surface area contributed by atoms with Crippen molar-refractivity contribution in [1.82, 2.24) is 49.0 Å². The predicted octanol–water partition coefficient (Wildman–Crippen LogP) is 10.3. The summed E-state index contributed by atoms with van der Waals surface area (Å²) in [5.41, 5.74) is 0. The Bertz CT molecular complexity index is 1960. The SMILES string of the molecule is CC(CCN(CCCN(CCCN(CCC(C)CN(CCC#N)CCC#N)CCC(C)CN(CCC#N)CCC#N)CCCN(CCC(C)CN(CCC#N)CCC#N)CCC(C)CN(CCC#N)CCC#N)CCC(C)CN(CCC#N)CCC#N)CN(CCC#N)CCC#N. The van der Waals surface area contributed by atoms with Gasteiger partial charge in [-0.3, -0.25) is 0 Å². The molecule has 22 nitrogen and oxygen atoms in total. The molecule has 0 aromatic heterocycles. The third-order valence-electron chi connectivity index (χ3n) is 18.4. The molecule has 0 rings (SSSR count). The second-order valence-electron chi connectivity index (χ2n) is 27.5. The van der Waals surface area contributed by atoms with Crippen LogP contribution in [0.1, 0.15) is 176 Å². The highest BCUT2D eigenvalue weighted by atomic mass is 15.2. The lowest BCUT2D eigenvalue weighted by Gasteiger charge is -2.32. The number of hydrogen-bond donors (Lipinski definition) is 0. The molecule has 0 saturated heterocycles. The molecule has 536 valence electrons. The summed E-state index contributed by atoms with van der Waals surface area (Å²) >= 11 is 0. The summed E-state index contributed by atoms with van der Waals surface area (Å²) in [5.74, 6) is 2.16. The molecule has 0 spiro atoms. The third-order valence-corrected chi connectivity index (χ3v) is 18.4. The minimum absolute atomic E-state index is 0.360. The minimum atomic E-state index is 0.360. The monoisotopic (exact) mass is 1340 g/mol. The van der Waals surface area contributed by atoms with Crippen LogP contribution in [-0.2, 0) is 0 Å². The van der Waals surface area contributed by atoms with E-state index in [0.717, 1.165) is 176 Å². The fourth-order valence-corrected chi connectivity index (χ4v) is 12.8. The maximum absolute atomic E-state index is 9.43. The van der Waals surface area contributed by atoms with Gasteiger partial charge in [-0.15, -0.1) is 0 Å². The summed E-state index contributed by atoms with van der Waals surface area (Å²) in [7, 11) is 0. The van der Waals surface area contributed by atoms with Gasteiger partial charge in [-0.1, -0.05) is 41.5 Å². The molecular formula is C75H126N22.